The average Bonchev–Trinajstić information content (AvgIpc) is 2.52. The Hall–Kier alpha value is -1.99. The number of amides is 1. The molecule has 0 radical (unpaired) electrons. The quantitative estimate of drug-likeness (QED) is 0.470. The number of aliphatic hydroxyl groups excluding tert-OH is 1. The Morgan fingerprint density at radius 1 is 1.43 bits per heavy atom. The molecule has 1 fully saturated rings. The van der Waals surface area contributed by atoms with Crippen molar-refractivity contribution in [1.82, 2.24) is 10.2 Å². The minimum Gasteiger partial charge on any atom is -0.393 e. The first-order chi connectivity index (χ1) is 11.0. The summed E-state index contributed by atoms with van der Waals surface area (Å²) in [6, 6.07) is 4.25. The minimum atomic E-state index is -0.468. The molecule has 0 aliphatic carbocycles. The van der Waals surface area contributed by atoms with Crippen molar-refractivity contribution < 1.29 is 14.8 Å². The summed E-state index contributed by atoms with van der Waals surface area (Å²) in [6.45, 7) is 4.95. The molecule has 1 aliphatic rings. The van der Waals surface area contributed by atoms with Crippen molar-refractivity contribution in [1.29, 1.82) is 0 Å². The Morgan fingerprint density at radius 3 is 2.74 bits per heavy atom. The summed E-state index contributed by atoms with van der Waals surface area (Å²) >= 11 is 0. The lowest BCUT2D eigenvalue weighted by molar-refractivity contribution is -0.384. The van der Waals surface area contributed by atoms with Crippen molar-refractivity contribution in [3.05, 3.63) is 39.4 Å². The Labute approximate surface area is 135 Å². The number of aryl methyl sites for hydroxylation is 1. The summed E-state index contributed by atoms with van der Waals surface area (Å²) in [5.41, 5.74) is 1.06. The molecule has 2 N–H and O–H groups in total. The van der Waals surface area contributed by atoms with Gasteiger partial charge in [-0.2, -0.15) is 0 Å². The number of likely N-dealkylation sites (tertiary alicyclic amines) is 1. The van der Waals surface area contributed by atoms with Gasteiger partial charge < -0.3 is 15.3 Å². The van der Waals surface area contributed by atoms with Crippen molar-refractivity contribution in [2.24, 2.45) is 0 Å². The van der Waals surface area contributed by atoms with Gasteiger partial charge >= 0.3 is 0 Å². The lowest BCUT2D eigenvalue weighted by atomic mass is 10.1. The number of piperidine rings is 1. The third-order valence-electron chi connectivity index (χ3n) is 4.16. The minimum absolute atomic E-state index is 0.00802. The van der Waals surface area contributed by atoms with Gasteiger partial charge in [-0.05, 0) is 44.4 Å². The van der Waals surface area contributed by atoms with E-state index in [-0.39, 0.29) is 17.7 Å². The van der Waals surface area contributed by atoms with Crippen molar-refractivity contribution in [2.45, 2.75) is 32.3 Å². The number of nitro groups is 1. The molecule has 0 bridgehead atoms. The SMILES string of the molecule is Cc1cc([N+](=O)[O-])ccc1C(=O)NCCCN1CCC(O)CC1. The third-order valence-corrected chi connectivity index (χ3v) is 4.16. The second kappa shape index (κ2) is 8.03. The van der Waals surface area contributed by atoms with E-state index in [0.717, 1.165) is 38.9 Å². The van der Waals surface area contributed by atoms with Gasteiger partial charge in [0.1, 0.15) is 0 Å². The molecular weight excluding hydrogens is 298 g/mol. The molecular formula is C16H23N3O4. The molecule has 1 saturated heterocycles. The van der Waals surface area contributed by atoms with Gasteiger partial charge in [-0.1, -0.05) is 0 Å². The smallest absolute Gasteiger partial charge is 0.269 e. The number of nitrogens with one attached hydrogen (secondary N) is 1. The van der Waals surface area contributed by atoms with Gasteiger partial charge in [0, 0.05) is 37.3 Å². The molecule has 7 heteroatoms. The highest BCUT2D eigenvalue weighted by atomic mass is 16.6. The summed E-state index contributed by atoms with van der Waals surface area (Å²) in [7, 11) is 0. The zero-order chi connectivity index (χ0) is 16.8. The molecule has 1 amide bonds. The number of carbonyl (C=O) groups excluding carboxylic acids is 1. The van der Waals surface area contributed by atoms with Crippen molar-refractivity contribution in [3.8, 4) is 0 Å². The van der Waals surface area contributed by atoms with Crippen LogP contribution in [0, 0.1) is 17.0 Å². The molecule has 1 aliphatic heterocycles. The molecule has 7 nitrogen and oxygen atoms in total. The van der Waals surface area contributed by atoms with Crippen LogP contribution in [0.3, 0.4) is 0 Å². The summed E-state index contributed by atoms with van der Waals surface area (Å²) in [6.07, 6.45) is 2.30. The van der Waals surface area contributed by atoms with E-state index < -0.39 is 4.92 Å². The van der Waals surface area contributed by atoms with E-state index in [0.29, 0.717) is 17.7 Å². The summed E-state index contributed by atoms with van der Waals surface area (Å²) in [5.74, 6) is -0.202. The second-order valence-electron chi connectivity index (χ2n) is 5.94. The van der Waals surface area contributed by atoms with Crippen LogP contribution in [-0.2, 0) is 0 Å². The van der Waals surface area contributed by atoms with Gasteiger partial charge in [-0.3, -0.25) is 14.9 Å². The molecule has 0 saturated carbocycles. The lowest BCUT2D eigenvalue weighted by Crippen LogP contribution is -2.37. The fraction of sp³-hybridized carbons (Fsp3) is 0.562. The molecule has 1 heterocycles. The fourth-order valence-corrected chi connectivity index (χ4v) is 2.76. The normalized spacial score (nSPS) is 16.3. The molecule has 1 aromatic carbocycles. The van der Waals surface area contributed by atoms with Crippen LogP contribution < -0.4 is 5.32 Å². The highest BCUT2D eigenvalue weighted by Crippen LogP contribution is 2.17. The van der Waals surface area contributed by atoms with E-state index in [2.05, 4.69) is 10.2 Å². The third kappa shape index (κ3) is 5.01. The van der Waals surface area contributed by atoms with Crippen LogP contribution in [0.4, 0.5) is 5.69 Å². The largest absolute Gasteiger partial charge is 0.393 e. The topological polar surface area (TPSA) is 95.7 Å². The van der Waals surface area contributed by atoms with Gasteiger partial charge in [-0.25, -0.2) is 0 Å². The summed E-state index contributed by atoms with van der Waals surface area (Å²) in [4.78, 5) is 24.6. The maximum Gasteiger partial charge on any atom is 0.269 e. The summed E-state index contributed by atoms with van der Waals surface area (Å²) < 4.78 is 0. The van der Waals surface area contributed by atoms with E-state index in [9.17, 15) is 20.0 Å². The predicted octanol–water partition coefficient (Wildman–Crippen LogP) is 1.48. The number of nitrogens with zero attached hydrogens (tertiary/aromatic N) is 2. The molecule has 0 atom stereocenters. The molecule has 23 heavy (non-hydrogen) atoms. The Kier molecular flexibility index (Phi) is 6.06. The first-order valence-electron chi connectivity index (χ1n) is 7.91. The van der Waals surface area contributed by atoms with Crippen LogP contribution in [0.25, 0.3) is 0 Å². The van der Waals surface area contributed by atoms with Crippen molar-refractivity contribution in [2.75, 3.05) is 26.2 Å². The number of hydrogen-bond acceptors (Lipinski definition) is 5. The zero-order valence-electron chi connectivity index (χ0n) is 13.3. The van der Waals surface area contributed by atoms with Gasteiger partial charge in [0.05, 0.1) is 11.0 Å². The Balaban J connectivity index is 1.75. The van der Waals surface area contributed by atoms with Gasteiger partial charge in [0.15, 0.2) is 0 Å². The van der Waals surface area contributed by atoms with Crippen LogP contribution >= 0.6 is 0 Å². The number of benzene rings is 1. The number of aliphatic hydroxyl groups is 1. The maximum absolute atomic E-state index is 12.1. The lowest BCUT2D eigenvalue weighted by Gasteiger charge is -2.29. The number of rotatable bonds is 6. The summed E-state index contributed by atoms with van der Waals surface area (Å²) in [5, 5.41) is 23.0. The van der Waals surface area contributed by atoms with Gasteiger partial charge in [-0.15, -0.1) is 0 Å². The van der Waals surface area contributed by atoms with Gasteiger partial charge in [0.25, 0.3) is 11.6 Å². The number of hydrogen-bond donors (Lipinski definition) is 2. The van der Waals surface area contributed by atoms with Crippen LogP contribution in [-0.4, -0.2) is 53.1 Å². The first kappa shape index (κ1) is 17.4. The van der Waals surface area contributed by atoms with Crippen molar-refractivity contribution >= 4 is 11.6 Å². The monoisotopic (exact) mass is 321 g/mol. The Morgan fingerprint density at radius 2 is 2.13 bits per heavy atom. The number of nitro benzene ring substituents is 1. The van der Waals surface area contributed by atoms with E-state index >= 15 is 0 Å². The van der Waals surface area contributed by atoms with E-state index in [4.69, 9.17) is 0 Å². The van der Waals surface area contributed by atoms with Crippen LogP contribution in [0.5, 0.6) is 0 Å². The van der Waals surface area contributed by atoms with Crippen LogP contribution in [0.1, 0.15) is 35.2 Å². The van der Waals surface area contributed by atoms with E-state index in [1.165, 1.54) is 18.2 Å². The molecule has 0 spiro atoms. The molecule has 0 aromatic heterocycles. The highest BCUT2D eigenvalue weighted by molar-refractivity contribution is 5.95. The predicted molar refractivity (Wildman–Crippen MR) is 86.5 cm³/mol. The molecule has 0 unspecified atom stereocenters. The maximum atomic E-state index is 12.1. The average molecular weight is 321 g/mol. The van der Waals surface area contributed by atoms with Gasteiger partial charge in [0.2, 0.25) is 0 Å². The molecule has 126 valence electrons. The number of non-ortho nitro benzene ring substituents is 1. The molecule has 1 aromatic rings. The molecule has 2 rings (SSSR count). The fourth-order valence-electron chi connectivity index (χ4n) is 2.76. The standard InChI is InChI=1S/C16H23N3O4/c1-12-11-13(19(22)23)3-4-15(12)16(21)17-7-2-8-18-9-5-14(20)6-10-18/h3-4,11,14,20H,2,5-10H2,1H3,(H,17,21). The number of carbonyl (C=O) groups is 1. The second-order valence-corrected chi connectivity index (χ2v) is 5.94. The zero-order valence-corrected chi connectivity index (χ0v) is 13.3. The van der Waals surface area contributed by atoms with E-state index in [1.54, 1.807) is 6.92 Å². The van der Waals surface area contributed by atoms with Crippen LogP contribution in [0.2, 0.25) is 0 Å². The van der Waals surface area contributed by atoms with E-state index in [1.807, 2.05) is 0 Å². The highest BCUT2D eigenvalue weighted by Gasteiger charge is 2.16. The first-order valence-corrected chi connectivity index (χ1v) is 7.91. The Bertz CT molecular complexity index is 568. The van der Waals surface area contributed by atoms with Crippen molar-refractivity contribution in [3.63, 3.8) is 0 Å². The van der Waals surface area contributed by atoms with Crippen LogP contribution in [0.15, 0.2) is 18.2 Å².